The summed E-state index contributed by atoms with van der Waals surface area (Å²) in [5, 5.41) is 7.28. The summed E-state index contributed by atoms with van der Waals surface area (Å²) in [6.45, 7) is 5.49. The number of nitrogens with one attached hydrogen (secondary N) is 2. The van der Waals surface area contributed by atoms with Crippen LogP contribution >= 0.6 is 0 Å². The summed E-state index contributed by atoms with van der Waals surface area (Å²) in [6.07, 6.45) is 14.0. The average Bonchev–Trinajstić information content (AvgIpc) is 3.76. The van der Waals surface area contributed by atoms with Crippen LogP contribution in [0.15, 0.2) is 60.3 Å². The number of methoxy groups -OCH3 is 2. The third-order valence-corrected chi connectivity index (χ3v) is 7.77. The number of ether oxygens (including phenoxy) is 2. The number of dihydropyridines is 1. The molecule has 0 radical (unpaired) electrons. The number of likely N-dealkylation sites (tertiary alicyclic amines) is 1. The van der Waals surface area contributed by atoms with Crippen molar-refractivity contribution in [2.24, 2.45) is 0 Å². The van der Waals surface area contributed by atoms with Crippen LogP contribution in [0.4, 0.5) is 5.69 Å². The van der Waals surface area contributed by atoms with Crippen LogP contribution in [0.1, 0.15) is 67.7 Å². The van der Waals surface area contributed by atoms with Crippen molar-refractivity contribution in [3.8, 4) is 11.5 Å². The van der Waals surface area contributed by atoms with Gasteiger partial charge in [-0.2, -0.15) is 0 Å². The lowest BCUT2D eigenvalue weighted by Crippen LogP contribution is -2.40. The molecule has 5 rings (SSSR count). The highest BCUT2D eigenvalue weighted by Gasteiger charge is 2.29. The fourth-order valence-corrected chi connectivity index (χ4v) is 5.62. The summed E-state index contributed by atoms with van der Waals surface area (Å²) in [5.41, 5.74) is 6.83. The molecule has 2 aromatic carbocycles. The first-order valence-electron chi connectivity index (χ1n) is 13.6. The molecule has 192 valence electrons. The van der Waals surface area contributed by atoms with E-state index in [-0.39, 0.29) is 6.04 Å². The van der Waals surface area contributed by atoms with Gasteiger partial charge in [-0.1, -0.05) is 25.5 Å². The minimum atomic E-state index is 0.196. The Kier molecular flexibility index (Phi) is 7.86. The van der Waals surface area contributed by atoms with E-state index in [2.05, 4.69) is 65.1 Å². The molecule has 0 amide bonds. The SMILES string of the molecule is CCCc1c(OC)cc(C2C=C(CN3CCC(Nc4ccc(OC)cc4)CC3)C=CN2)cc1C1CC1. The molecule has 0 bridgehead atoms. The van der Waals surface area contributed by atoms with Crippen molar-refractivity contribution in [3.05, 3.63) is 77.0 Å². The van der Waals surface area contributed by atoms with E-state index in [1.54, 1.807) is 7.11 Å². The number of anilines is 1. The van der Waals surface area contributed by atoms with Crippen LogP contribution in [0.5, 0.6) is 11.5 Å². The highest BCUT2D eigenvalue weighted by atomic mass is 16.5. The van der Waals surface area contributed by atoms with Gasteiger partial charge in [-0.25, -0.2) is 0 Å². The Hall–Kier alpha value is -2.92. The van der Waals surface area contributed by atoms with Gasteiger partial charge in [0.25, 0.3) is 0 Å². The number of piperidine rings is 1. The number of nitrogens with zero attached hydrogens (tertiary/aromatic N) is 1. The fraction of sp³-hybridized carbons (Fsp3) is 0.484. The highest BCUT2D eigenvalue weighted by molar-refractivity contribution is 5.50. The minimum absolute atomic E-state index is 0.196. The van der Waals surface area contributed by atoms with Gasteiger partial charge in [0.05, 0.1) is 20.3 Å². The molecular weight excluding hydrogens is 446 g/mol. The Morgan fingerprint density at radius 1 is 1.00 bits per heavy atom. The van der Waals surface area contributed by atoms with Crippen molar-refractivity contribution in [2.75, 3.05) is 39.2 Å². The zero-order chi connectivity index (χ0) is 24.9. The fourth-order valence-electron chi connectivity index (χ4n) is 5.62. The van der Waals surface area contributed by atoms with Gasteiger partial charge in [-0.15, -0.1) is 0 Å². The average molecular weight is 488 g/mol. The van der Waals surface area contributed by atoms with Gasteiger partial charge in [0, 0.05) is 31.4 Å². The zero-order valence-corrected chi connectivity index (χ0v) is 22.1. The van der Waals surface area contributed by atoms with Crippen LogP contribution < -0.4 is 20.1 Å². The molecule has 2 heterocycles. The van der Waals surface area contributed by atoms with Gasteiger partial charge < -0.3 is 20.1 Å². The summed E-state index contributed by atoms with van der Waals surface area (Å²) >= 11 is 0. The summed E-state index contributed by atoms with van der Waals surface area (Å²) in [4.78, 5) is 2.59. The minimum Gasteiger partial charge on any atom is -0.497 e. The zero-order valence-electron chi connectivity index (χ0n) is 22.1. The van der Waals surface area contributed by atoms with Crippen LogP contribution in [0.25, 0.3) is 0 Å². The Labute approximate surface area is 216 Å². The van der Waals surface area contributed by atoms with Crippen LogP contribution in [0.3, 0.4) is 0 Å². The van der Waals surface area contributed by atoms with Crippen molar-refractivity contribution in [1.82, 2.24) is 10.2 Å². The number of benzene rings is 2. The van der Waals surface area contributed by atoms with Crippen molar-refractivity contribution in [3.63, 3.8) is 0 Å². The van der Waals surface area contributed by atoms with E-state index in [0.29, 0.717) is 6.04 Å². The lowest BCUT2D eigenvalue weighted by molar-refractivity contribution is 0.236. The first-order valence-corrected chi connectivity index (χ1v) is 13.6. The number of hydrogen-bond acceptors (Lipinski definition) is 5. The molecule has 1 atom stereocenters. The van der Waals surface area contributed by atoms with E-state index in [1.165, 1.54) is 40.8 Å². The summed E-state index contributed by atoms with van der Waals surface area (Å²) < 4.78 is 11.1. The van der Waals surface area contributed by atoms with Crippen LogP contribution in [-0.2, 0) is 6.42 Å². The number of rotatable bonds is 10. The van der Waals surface area contributed by atoms with E-state index in [4.69, 9.17) is 9.47 Å². The first-order chi connectivity index (χ1) is 17.7. The van der Waals surface area contributed by atoms with Crippen molar-refractivity contribution in [1.29, 1.82) is 0 Å². The van der Waals surface area contributed by atoms with Crippen molar-refractivity contribution in [2.45, 2.75) is 63.5 Å². The maximum atomic E-state index is 5.87. The predicted octanol–water partition coefficient (Wildman–Crippen LogP) is 6.19. The summed E-state index contributed by atoms with van der Waals surface area (Å²) in [6, 6.07) is 13.7. The Morgan fingerprint density at radius 2 is 1.78 bits per heavy atom. The molecule has 3 aliphatic rings. The second kappa shape index (κ2) is 11.4. The van der Waals surface area contributed by atoms with Crippen LogP contribution in [0.2, 0.25) is 0 Å². The molecule has 36 heavy (non-hydrogen) atoms. The van der Waals surface area contributed by atoms with Crippen molar-refractivity contribution < 1.29 is 9.47 Å². The molecule has 2 aromatic rings. The largest absolute Gasteiger partial charge is 0.497 e. The van der Waals surface area contributed by atoms with Gasteiger partial charge in [-0.05, 0) is 103 Å². The van der Waals surface area contributed by atoms with Gasteiger partial charge in [0.1, 0.15) is 11.5 Å². The normalized spacial score (nSPS) is 20.5. The molecular formula is C31H41N3O2. The van der Waals surface area contributed by atoms with Crippen molar-refractivity contribution >= 4 is 5.69 Å². The quantitative estimate of drug-likeness (QED) is 0.418. The number of hydrogen-bond donors (Lipinski definition) is 2. The smallest absolute Gasteiger partial charge is 0.122 e. The molecule has 0 spiro atoms. The topological polar surface area (TPSA) is 45.8 Å². The molecule has 5 heteroatoms. The van der Waals surface area contributed by atoms with Gasteiger partial charge in [-0.3, -0.25) is 4.90 Å². The van der Waals surface area contributed by atoms with E-state index in [1.807, 2.05) is 19.2 Å². The van der Waals surface area contributed by atoms with Gasteiger partial charge >= 0.3 is 0 Å². The summed E-state index contributed by atoms with van der Waals surface area (Å²) in [7, 11) is 3.52. The molecule has 2 aliphatic heterocycles. The highest BCUT2D eigenvalue weighted by Crippen LogP contribution is 2.45. The molecule has 2 fully saturated rings. The maximum Gasteiger partial charge on any atom is 0.122 e. The third kappa shape index (κ3) is 5.89. The first kappa shape index (κ1) is 24.8. The monoisotopic (exact) mass is 487 g/mol. The maximum absolute atomic E-state index is 5.87. The standard InChI is InChI=1S/C31H41N3O2/c1-4-5-28-29(23-6-7-23)19-24(20-31(28)36-3)30-18-22(12-15-32-30)21-34-16-13-26(14-17-34)33-25-8-10-27(35-2)11-9-25/h8-12,15,18-20,23,26,30,32-33H,4-7,13-14,16-17,21H2,1-3H3. The third-order valence-electron chi connectivity index (χ3n) is 7.77. The molecule has 5 nitrogen and oxygen atoms in total. The van der Waals surface area contributed by atoms with E-state index in [0.717, 1.165) is 62.7 Å². The molecule has 1 unspecified atom stereocenters. The molecule has 0 aromatic heterocycles. The lowest BCUT2D eigenvalue weighted by atomic mass is 9.92. The van der Waals surface area contributed by atoms with Crippen LogP contribution in [-0.4, -0.2) is 44.8 Å². The Morgan fingerprint density at radius 3 is 2.44 bits per heavy atom. The second-order valence-electron chi connectivity index (χ2n) is 10.5. The lowest BCUT2D eigenvalue weighted by Gasteiger charge is -2.33. The van der Waals surface area contributed by atoms with Gasteiger partial charge in [0.2, 0.25) is 0 Å². The van der Waals surface area contributed by atoms with E-state index in [9.17, 15) is 0 Å². The molecule has 2 N–H and O–H groups in total. The predicted molar refractivity (Wildman–Crippen MR) is 148 cm³/mol. The Balaban J connectivity index is 1.21. The molecule has 1 aliphatic carbocycles. The second-order valence-corrected chi connectivity index (χ2v) is 10.5. The Bertz CT molecular complexity index is 1080. The van der Waals surface area contributed by atoms with E-state index < -0.39 is 0 Å². The molecule has 1 saturated carbocycles. The van der Waals surface area contributed by atoms with Gasteiger partial charge in [0.15, 0.2) is 0 Å². The van der Waals surface area contributed by atoms with E-state index >= 15 is 0 Å². The summed E-state index contributed by atoms with van der Waals surface area (Å²) in [5.74, 6) is 2.68. The van der Waals surface area contributed by atoms with Crippen LogP contribution in [0, 0.1) is 0 Å². The molecule has 1 saturated heterocycles.